The van der Waals surface area contributed by atoms with Gasteiger partial charge in [0.2, 0.25) is 0 Å². The third-order valence-electron chi connectivity index (χ3n) is 3.00. The Morgan fingerprint density at radius 1 is 1.64 bits per heavy atom. The van der Waals surface area contributed by atoms with Crippen molar-refractivity contribution in [3.05, 3.63) is 18.0 Å². The molecule has 14 heavy (non-hydrogen) atoms. The smallest absolute Gasteiger partial charge is 0.0662 e. The minimum absolute atomic E-state index is 0.531. The Bertz CT molecular complexity index is 294. The first-order valence-corrected chi connectivity index (χ1v) is 5.30. The van der Waals surface area contributed by atoms with Crippen LogP contribution in [0.2, 0.25) is 0 Å². The molecule has 78 valence electrons. The molecule has 4 heteroatoms. The Morgan fingerprint density at radius 3 is 3.14 bits per heavy atom. The summed E-state index contributed by atoms with van der Waals surface area (Å²) in [5.74, 6) is 0. The molecule has 4 nitrogen and oxygen atoms in total. The van der Waals surface area contributed by atoms with Crippen molar-refractivity contribution in [2.24, 2.45) is 5.73 Å². The maximum atomic E-state index is 5.66. The normalized spacial score (nSPS) is 23.1. The molecule has 2 rings (SSSR count). The largest absolute Gasteiger partial charge is 0.325 e. The highest BCUT2D eigenvalue weighted by Crippen LogP contribution is 2.21. The number of likely N-dealkylation sites (tertiary alicyclic amines) is 1. The highest BCUT2D eigenvalue weighted by molar-refractivity contribution is 5.02. The Kier molecular flexibility index (Phi) is 2.84. The van der Waals surface area contributed by atoms with Gasteiger partial charge in [-0.3, -0.25) is 4.68 Å². The fourth-order valence-corrected chi connectivity index (χ4v) is 2.13. The molecule has 1 aliphatic rings. The van der Waals surface area contributed by atoms with Gasteiger partial charge in [0.05, 0.1) is 11.7 Å². The Hall–Kier alpha value is -0.870. The van der Waals surface area contributed by atoms with Crippen LogP contribution < -0.4 is 5.73 Å². The van der Waals surface area contributed by atoms with Crippen LogP contribution >= 0.6 is 0 Å². The van der Waals surface area contributed by atoms with E-state index in [0.29, 0.717) is 12.6 Å². The maximum Gasteiger partial charge on any atom is 0.0662 e. The predicted octanol–water partition coefficient (Wildman–Crippen LogP) is 0.609. The number of nitrogens with zero attached hydrogens (tertiary/aromatic N) is 3. The average Bonchev–Trinajstić information content (AvgIpc) is 2.85. The number of hydrogen-bond acceptors (Lipinski definition) is 3. The number of likely N-dealkylation sites (N-methyl/N-ethyl adjacent to an activating group) is 1. The standard InChI is InChI=1S/C10H18N4/c1-2-13-6-4-10(8-13)14-9(7-11)3-5-12-14/h3,5,10H,2,4,6-8,11H2,1H3. The molecule has 1 aliphatic heterocycles. The van der Waals surface area contributed by atoms with Crippen molar-refractivity contribution in [3.8, 4) is 0 Å². The summed E-state index contributed by atoms with van der Waals surface area (Å²) in [5.41, 5.74) is 6.80. The van der Waals surface area contributed by atoms with E-state index in [4.69, 9.17) is 5.73 Å². The zero-order valence-corrected chi connectivity index (χ0v) is 8.69. The Morgan fingerprint density at radius 2 is 2.50 bits per heavy atom. The van der Waals surface area contributed by atoms with E-state index in [1.165, 1.54) is 13.0 Å². The zero-order valence-electron chi connectivity index (χ0n) is 8.69. The molecule has 1 fully saturated rings. The van der Waals surface area contributed by atoms with Crippen LogP contribution in [0, 0.1) is 0 Å². The summed E-state index contributed by atoms with van der Waals surface area (Å²) in [6, 6.07) is 2.54. The molecule has 1 unspecified atom stereocenters. The van der Waals surface area contributed by atoms with Crippen molar-refractivity contribution in [1.82, 2.24) is 14.7 Å². The summed E-state index contributed by atoms with van der Waals surface area (Å²) in [7, 11) is 0. The third kappa shape index (κ3) is 1.67. The fraction of sp³-hybridized carbons (Fsp3) is 0.700. The second-order valence-corrected chi connectivity index (χ2v) is 3.81. The second-order valence-electron chi connectivity index (χ2n) is 3.81. The second kappa shape index (κ2) is 4.11. The van der Waals surface area contributed by atoms with Crippen LogP contribution in [0.3, 0.4) is 0 Å². The van der Waals surface area contributed by atoms with Gasteiger partial charge in [-0.25, -0.2) is 0 Å². The van der Waals surface area contributed by atoms with E-state index < -0.39 is 0 Å². The van der Waals surface area contributed by atoms with Gasteiger partial charge in [0.1, 0.15) is 0 Å². The minimum atomic E-state index is 0.531. The van der Waals surface area contributed by atoms with Crippen LogP contribution in [0.25, 0.3) is 0 Å². The average molecular weight is 194 g/mol. The maximum absolute atomic E-state index is 5.66. The molecule has 0 bridgehead atoms. The van der Waals surface area contributed by atoms with Gasteiger partial charge < -0.3 is 10.6 Å². The van der Waals surface area contributed by atoms with E-state index in [0.717, 1.165) is 18.8 Å². The summed E-state index contributed by atoms with van der Waals surface area (Å²) in [5, 5.41) is 4.35. The molecule has 0 aliphatic carbocycles. The highest BCUT2D eigenvalue weighted by Gasteiger charge is 2.24. The molecule has 1 saturated heterocycles. The number of nitrogens with two attached hydrogens (primary N) is 1. The molecule has 1 aromatic heterocycles. The summed E-state index contributed by atoms with van der Waals surface area (Å²) in [4.78, 5) is 2.45. The van der Waals surface area contributed by atoms with Crippen LogP contribution in [0.1, 0.15) is 25.1 Å². The van der Waals surface area contributed by atoms with E-state index in [1.54, 1.807) is 0 Å². The summed E-state index contributed by atoms with van der Waals surface area (Å²) >= 11 is 0. The van der Waals surface area contributed by atoms with Crippen LogP contribution in [-0.4, -0.2) is 34.3 Å². The summed E-state index contributed by atoms with van der Waals surface area (Å²) in [6.45, 7) is 6.23. The number of rotatable bonds is 3. The molecular formula is C10H18N4. The van der Waals surface area contributed by atoms with Gasteiger partial charge in [0, 0.05) is 25.8 Å². The van der Waals surface area contributed by atoms with E-state index in [2.05, 4.69) is 21.6 Å². The number of hydrogen-bond donors (Lipinski definition) is 1. The van der Waals surface area contributed by atoms with Crippen molar-refractivity contribution >= 4 is 0 Å². The number of aromatic nitrogens is 2. The molecule has 0 saturated carbocycles. The van der Waals surface area contributed by atoms with Crippen LogP contribution in [0.5, 0.6) is 0 Å². The van der Waals surface area contributed by atoms with Gasteiger partial charge in [0.25, 0.3) is 0 Å². The topological polar surface area (TPSA) is 47.1 Å². The van der Waals surface area contributed by atoms with Crippen molar-refractivity contribution in [2.45, 2.75) is 25.9 Å². The van der Waals surface area contributed by atoms with Gasteiger partial charge in [-0.1, -0.05) is 6.92 Å². The lowest BCUT2D eigenvalue weighted by molar-refractivity contribution is 0.333. The predicted molar refractivity (Wildman–Crippen MR) is 55.9 cm³/mol. The Balaban J connectivity index is 2.09. The molecule has 0 aromatic carbocycles. The molecule has 0 radical (unpaired) electrons. The first-order chi connectivity index (χ1) is 6.85. The molecular weight excluding hydrogens is 176 g/mol. The third-order valence-corrected chi connectivity index (χ3v) is 3.00. The first-order valence-electron chi connectivity index (χ1n) is 5.30. The van der Waals surface area contributed by atoms with Crippen molar-refractivity contribution in [3.63, 3.8) is 0 Å². The fourth-order valence-electron chi connectivity index (χ4n) is 2.13. The van der Waals surface area contributed by atoms with Gasteiger partial charge in [-0.15, -0.1) is 0 Å². The van der Waals surface area contributed by atoms with Crippen molar-refractivity contribution in [1.29, 1.82) is 0 Å². The lowest BCUT2D eigenvalue weighted by Gasteiger charge is -2.15. The molecule has 2 heterocycles. The van der Waals surface area contributed by atoms with Crippen molar-refractivity contribution < 1.29 is 0 Å². The minimum Gasteiger partial charge on any atom is -0.325 e. The highest BCUT2D eigenvalue weighted by atomic mass is 15.3. The first kappa shape index (κ1) is 9.68. The molecule has 2 N–H and O–H groups in total. The monoisotopic (exact) mass is 194 g/mol. The van der Waals surface area contributed by atoms with E-state index in [1.807, 2.05) is 12.3 Å². The van der Waals surface area contributed by atoms with E-state index in [-0.39, 0.29) is 0 Å². The van der Waals surface area contributed by atoms with Gasteiger partial charge in [-0.2, -0.15) is 5.10 Å². The quantitative estimate of drug-likeness (QED) is 0.767. The molecule has 1 atom stereocenters. The van der Waals surface area contributed by atoms with Crippen LogP contribution in [0.15, 0.2) is 12.3 Å². The van der Waals surface area contributed by atoms with Crippen molar-refractivity contribution in [2.75, 3.05) is 19.6 Å². The summed E-state index contributed by atoms with van der Waals surface area (Å²) in [6.07, 6.45) is 3.04. The molecule has 0 spiro atoms. The lowest BCUT2D eigenvalue weighted by Crippen LogP contribution is -2.22. The lowest BCUT2D eigenvalue weighted by atomic mass is 10.2. The van der Waals surface area contributed by atoms with Gasteiger partial charge in [-0.05, 0) is 19.0 Å². The SMILES string of the molecule is CCN1CCC(n2nccc2CN)C1. The molecule has 0 amide bonds. The summed E-state index contributed by atoms with van der Waals surface area (Å²) < 4.78 is 2.09. The van der Waals surface area contributed by atoms with Gasteiger partial charge >= 0.3 is 0 Å². The van der Waals surface area contributed by atoms with Crippen LogP contribution in [0.4, 0.5) is 0 Å². The van der Waals surface area contributed by atoms with E-state index in [9.17, 15) is 0 Å². The van der Waals surface area contributed by atoms with E-state index >= 15 is 0 Å². The Labute approximate surface area is 84.7 Å². The molecule has 1 aromatic rings. The van der Waals surface area contributed by atoms with Gasteiger partial charge in [0.15, 0.2) is 0 Å². The zero-order chi connectivity index (χ0) is 9.97. The van der Waals surface area contributed by atoms with Crippen LogP contribution in [-0.2, 0) is 6.54 Å².